The normalized spacial score (nSPS) is 11.1. The second kappa shape index (κ2) is 7.80. The Morgan fingerprint density at radius 3 is 2.38 bits per heavy atom. The van der Waals surface area contributed by atoms with Gasteiger partial charge in [-0.2, -0.15) is 0 Å². The molecule has 106 valence electrons. The second-order valence-corrected chi connectivity index (χ2v) is 4.34. The van der Waals surface area contributed by atoms with Crippen molar-refractivity contribution < 1.29 is 9.53 Å². The largest absolute Gasteiger partial charge is 0.463 e. The molecule has 0 atom stereocenters. The molecule has 0 bridgehead atoms. The zero-order valence-electron chi connectivity index (χ0n) is 11.9. The van der Waals surface area contributed by atoms with E-state index in [1.54, 1.807) is 19.2 Å². The maximum atomic E-state index is 11.2. The number of carbonyl (C=O) groups excluding carboxylic acids is 1. The van der Waals surface area contributed by atoms with Gasteiger partial charge in [0.25, 0.3) is 0 Å². The third-order valence-corrected chi connectivity index (χ3v) is 2.77. The molecule has 21 heavy (non-hydrogen) atoms. The molecule has 1 aromatic heterocycles. The number of aromatic nitrogens is 1. The SMILES string of the molecule is CCOC(=O)/C=C/c1ccc(/C=C/c2ccccn2)cc1. The molecular weight excluding hydrogens is 262 g/mol. The topological polar surface area (TPSA) is 39.2 Å². The molecule has 3 nitrogen and oxygen atoms in total. The van der Waals surface area contributed by atoms with Crippen LogP contribution in [0.15, 0.2) is 54.7 Å². The summed E-state index contributed by atoms with van der Waals surface area (Å²) in [5, 5.41) is 0. The van der Waals surface area contributed by atoms with E-state index in [-0.39, 0.29) is 5.97 Å². The molecule has 0 radical (unpaired) electrons. The van der Waals surface area contributed by atoms with E-state index < -0.39 is 0 Å². The van der Waals surface area contributed by atoms with Gasteiger partial charge in [0, 0.05) is 12.3 Å². The van der Waals surface area contributed by atoms with Gasteiger partial charge in [-0.3, -0.25) is 4.98 Å². The molecular formula is C18H17NO2. The molecule has 0 saturated carbocycles. The summed E-state index contributed by atoms with van der Waals surface area (Å²) in [4.78, 5) is 15.4. The molecule has 3 heteroatoms. The first kappa shape index (κ1) is 14.7. The minimum Gasteiger partial charge on any atom is -0.463 e. The molecule has 0 unspecified atom stereocenters. The van der Waals surface area contributed by atoms with E-state index in [1.165, 1.54) is 6.08 Å². The summed E-state index contributed by atoms with van der Waals surface area (Å²) >= 11 is 0. The lowest BCUT2D eigenvalue weighted by Crippen LogP contribution is -1.98. The number of ether oxygens (including phenoxy) is 1. The highest BCUT2D eigenvalue weighted by Gasteiger charge is 1.94. The Balaban J connectivity index is 1.99. The molecule has 0 N–H and O–H groups in total. The fourth-order valence-corrected chi connectivity index (χ4v) is 1.73. The molecule has 0 aliphatic heterocycles. The summed E-state index contributed by atoms with van der Waals surface area (Å²) in [6.07, 6.45) is 8.90. The third-order valence-electron chi connectivity index (χ3n) is 2.77. The standard InChI is InChI=1S/C18H17NO2/c1-2-21-18(20)13-11-16-8-6-15(7-9-16)10-12-17-5-3-4-14-19-17/h3-14H,2H2,1H3/b12-10+,13-11+. The van der Waals surface area contributed by atoms with Gasteiger partial charge in [-0.1, -0.05) is 36.4 Å². The van der Waals surface area contributed by atoms with Crippen LogP contribution in [0.2, 0.25) is 0 Å². The van der Waals surface area contributed by atoms with Crippen LogP contribution in [0.4, 0.5) is 0 Å². The first-order chi connectivity index (χ1) is 10.3. The van der Waals surface area contributed by atoms with Crippen molar-refractivity contribution in [3.63, 3.8) is 0 Å². The Morgan fingerprint density at radius 1 is 1.05 bits per heavy atom. The Morgan fingerprint density at radius 2 is 1.76 bits per heavy atom. The fourth-order valence-electron chi connectivity index (χ4n) is 1.73. The Bertz CT molecular complexity index is 628. The zero-order chi connectivity index (χ0) is 14.9. The van der Waals surface area contributed by atoms with Gasteiger partial charge in [0.05, 0.1) is 12.3 Å². The predicted octanol–water partition coefficient (Wildman–Crippen LogP) is 3.83. The Labute approximate surface area is 124 Å². The van der Waals surface area contributed by atoms with Crippen LogP contribution in [0, 0.1) is 0 Å². The first-order valence-electron chi connectivity index (χ1n) is 6.82. The smallest absolute Gasteiger partial charge is 0.330 e. The van der Waals surface area contributed by atoms with Crippen molar-refractivity contribution in [3.05, 3.63) is 71.6 Å². The number of hydrogen-bond acceptors (Lipinski definition) is 3. The van der Waals surface area contributed by atoms with Gasteiger partial charge in [-0.15, -0.1) is 0 Å². The molecule has 0 aliphatic carbocycles. The van der Waals surface area contributed by atoms with Gasteiger partial charge < -0.3 is 4.74 Å². The molecule has 2 rings (SSSR count). The van der Waals surface area contributed by atoms with Crippen molar-refractivity contribution in [2.24, 2.45) is 0 Å². The second-order valence-electron chi connectivity index (χ2n) is 4.34. The van der Waals surface area contributed by atoms with E-state index in [9.17, 15) is 4.79 Å². The number of rotatable bonds is 5. The molecule has 0 amide bonds. The van der Waals surface area contributed by atoms with Crippen LogP contribution in [0.1, 0.15) is 23.7 Å². The van der Waals surface area contributed by atoms with Gasteiger partial charge in [0.1, 0.15) is 0 Å². The summed E-state index contributed by atoms with van der Waals surface area (Å²) in [5.74, 6) is -0.323. The summed E-state index contributed by atoms with van der Waals surface area (Å²) in [6, 6.07) is 13.7. The highest BCUT2D eigenvalue weighted by atomic mass is 16.5. The maximum Gasteiger partial charge on any atom is 0.330 e. The van der Waals surface area contributed by atoms with Gasteiger partial charge >= 0.3 is 5.97 Å². The number of hydrogen-bond donors (Lipinski definition) is 0. The summed E-state index contributed by atoms with van der Waals surface area (Å²) < 4.78 is 4.83. The predicted molar refractivity (Wildman–Crippen MR) is 85.3 cm³/mol. The molecule has 0 spiro atoms. The van der Waals surface area contributed by atoms with Gasteiger partial charge in [0.15, 0.2) is 0 Å². The lowest BCUT2D eigenvalue weighted by Gasteiger charge is -1.97. The van der Waals surface area contributed by atoms with Crippen molar-refractivity contribution in [1.82, 2.24) is 4.98 Å². The number of esters is 1. The van der Waals surface area contributed by atoms with Crippen LogP contribution in [0.25, 0.3) is 18.2 Å². The van der Waals surface area contributed by atoms with Gasteiger partial charge in [-0.05, 0) is 42.3 Å². The third kappa shape index (κ3) is 5.07. The molecule has 0 saturated heterocycles. The van der Waals surface area contributed by atoms with E-state index >= 15 is 0 Å². The first-order valence-corrected chi connectivity index (χ1v) is 6.82. The summed E-state index contributed by atoms with van der Waals surface area (Å²) in [7, 11) is 0. The maximum absolute atomic E-state index is 11.2. The highest BCUT2D eigenvalue weighted by Crippen LogP contribution is 2.10. The molecule has 2 aromatic rings. The van der Waals surface area contributed by atoms with Crippen LogP contribution in [0.3, 0.4) is 0 Å². The zero-order valence-corrected chi connectivity index (χ0v) is 11.9. The summed E-state index contributed by atoms with van der Waals surface area (Å²) in [6.45, 7) is 2.18. The average Bonchev–Trinajstić information content (AvgIpc) is 2.53. The Hall–Kier alpha value is -2.68. The van der Waals surface area contributed by atoms with Crippen LogP contribution in [-0.4, -0.2) is 17.6 Å². The lowest BCUT2D eigenvalue weighted by molar-refractivity contribution is -0.137. The number of benzene rings is 1. The fraction of sp³-hybridized carbons (Fsp3) is 0.111. The van der Waals surface area contributed by atoms with Gasteiger partial charge in [0.2, 0.25) is 0 Å². The van der Waals surface area contributed by atoms with E-state index in [2.05, 4.69) is 4.98 Å². The number of carbonyl (C=O) groups is 1. The molecule has 1 aromatic carbocycles. The lowest BCUT2D eigenvalue weighted by atomic mass is 10.1. The van der Waals surface area contributed by atoms with Crippen molar-refractivity contribution >= 4 is 24.2 Å². The van der Waals surface area contributed by atoms with Crippen molar-refractivity contribution in [1.29, 1.82) is 0 Å². The van der Waals surface area contributed by atoms with E-state index in [4.69, 9.17) is 4.74 Å². The van der Waals surface area contributed by atoms with Crippen molar-refractivity contribution in [3.8, 4) is 0 Å². The van der Waals surface area contributed by atoms with Crippen LogP contribution in [0.5, 0.6) is 0 Å². The van der Waals surface area contributed by atoms with Crippen LogP contribution >= 0.6 is 0 Å². The number of nitrogens with zero attached hydrogens (tertiary/aromatic N) is 1. The molecule has 0 aliphatic rings. The minimum atomic E-state index is -0.323. The highest BCUT2D eigenvalue weighted by molar-refractivity contribution is 5.87. The van der Waals surface area contributed by atoms with Crippen molar-refractivity contribution in [2.45, 2.75) is 6.92 Å². The van der Waals surface area contributed by atoms with Crippen molar-refractivity contribution in [2.75, 3.05) is 6.61 Å². The minimum absolute atomic E-state index is 0.323. The molecule has 0 fully saturated rings. The Kier molecular flexibility index (Phi) is 5.47. The van der Waals surface area contributed by atoms with Gasteiger partial charge in [-0.25, -0.2) is 4.79 Å². The van der Waals surface area contributed by atoms with E-state index in [0.717, 1.165) is 16.8 Å². The monoisotopic (exact) mass is 279 g/mol. The number of pyridine rings is 1. The van der Waals surface area contributed by atoms with E-state index in [1.807, 2.05) is 54.6 Å². The summed E-state index contributed by atoms with van der Waals surface area (Å²) in [5.41, 5.74) is 2.95. The van der Waals surface area contributed by atoms with Crippen LogP contribution < -0.4 is 0 Å². The van der Waals surface area contributed by atoms with E-state index in [0.29, 0.717) is 6.61 Å². The quantitative estimate of drug-likeness (QED) is 0.617. The average molecular weight is 279 g/mol. The van der Waals surface area contributed by atoms with Crippen LogP contribution in [-0.2, 0) is 9.53 Å². The molecule has 1 heterocycles.